The average Bonchev–Trinajstić information content (AvgIpc) is 3.51. The van der Waals surface area contributed by atoms with E-state index >= 15 is 0 Å². The first-order chi connectivity index (χ1) is 17.7. The molecule has 4 heterocycles. The first-order valence-corrected chi connectivity index (χ1v) is 11.9. The van der Waals surface area contributed by atoms with Gasteiger partial charge in [0.05, 0.1) is 19.1 Å². The van der Waals surface area contributed by atoms with Crippen molar-refractivity contribution in [3.8, 4) is 11.4 Å². The Labute approximate surface area is 208 Å². The van der Waals surface area contributed by atoms with Crippen LogP contribution in [0.1, 0.15) is 41.5 Å². The maximum absolute atomic E-state index is 14.0. The Balaban J connectivity index is 1.51. The molecule has 0 spiro atoms. The predicted octanol–water partition coefficient (Wildman–Crippen LogP) is 4.72. The second-order valence-corrected chi connectivity index (χ2v) is 9.37. The minimum Gasteiger partial charge on any atom is -0.305 e. The van der Waals surface area contributed by atoms with Crippen molar-refractivity contribution in [2.75, 3.05) is 18.0 Å². The smallest absolute Gasteiger partial charge is 0.305 e. The summed E-state index contributed by atoms with van der Waals surface area (Å²) in [5.41, 5.74) is -0.303. The second kappa shape index (κ2) is 8.35. The van der Waals surface area contributed by atoms with Crippen LogP contribution in [-0.2, 0) is 12.7 Å². The fourth-order valence-electron chi connectivity index (χ4n) is 4.91. The molecule has 6 rings (SSSR count). The highest BCUT2D eigenvalue weighted by Gasteiger charge is 2.46. The summed E-state index contributed by atoms with van der Waals surface area (Å²) in [5.74, 6) is -0.869. The number of halogens is 5. The molecule has 7 nitrogen and oxygen atoms in total. The Morgan fingerprint density at radius 1 is 1.08 bits per heavy atom. The van der Waals surface area contributed by atoms with E-state index in [1.807, 2.05) is 11.8 Å². The van der Waals surface area contributed by atoms with Crippen LogP contribution in [0.2, 0.25) is 0 Å². The van der Waals surface area contributed by atoms with Gasteiger partial charge in [-0.05, 0) is 55.5 Å². The number of guanidine groups is 1. The van der Waals surface area contributed by atoms with Gasteiger partial charge in [0.1, 0.15) is 17.3 Å². The first-order valence-electron chi connectivity index (χ1n) is 11.9. The molecule has 0 unspecified atom stereocenters. The number of hydrogen-bond donors (Lipinski definition) is 0. The number of rotatable bonds is 5. The van der Waals surface area contributed by atoms with Crippen LogP contribution in [0, 0.1) is 17.6 Å². The number of pyridine rings is 1. The van der Waals surface area contributed by atoms with Gasteiger partial charge >= 0.3 is 6.18 Å². The summed E-state index contributed by atoms with van der Waals surface area (Å²) in [7, 11) is 0. The molecule has 2 aliphatic heterocycles. The molecule has 0 saturated heterocycles. The molecule has 3 aromatic rings. The van der Waals surface area contributed by atoms with Gasteiger partial charge in [-0.3, -0.25) is 19.6 Å². The number of fused-ring (bicyclic) bond motifs is 3. The highest BCUT2D eigenvalue weighted by atomic mass is 19.4. The van der Waals surface area contributed by atoms with Crippen LogP contribution in [0.15, 0.2) is 41.5 Å². The Kier molecular flexibility index (Phi) is 5.32. The summed E-state index contributed by atoms with van der Waals surface area (Å²) in [6.07, 6.45) is -1.46. The van der Waals surface area contributed by atoms with E-state index in [-0.39, 0.29) is 35.6 Å². The number of anilines is 1. The molecular weight excluding hydrogens is 495 g/mol. The number of carbonyl (C=O) groups is 1. The number of amides is 1. The number of imidazole rings is 1. The van der Waals surface area contributed by atoms with E-state index in [0.29, 0.717) is 36.3 Å². The van der Waals surface area contributed by atoms with Gasteiger partial charge in [0.2, 0.25) is 5.96 Å². The highest BCUT2D eigenvalue weighted by molar-refractivity contribution is 6.18. The second-order valence-electron chi connectivity index (χ2n) is 9.37. The number of hydrogen-bond acceptors (Lipinski definition) is 5. The van der Waals surface area contributed by atoms with Gasteiger partial charge in [0.15, 0.2) is 17.3 Å². The van der Waals surface area contributed by atoms with Gasteiger partial charge in [-0.1, -0.05) is 6.07 Å². The third-order valence-corrected chi connectivity index (χ3v) is 6.90. The van der Waals surface area contributed by atoms with Crippen molar-refractivity contribution >= 4 is 17.7 Å². The van der Waals surface area contributed by atoms with E-state index < -0.39 is 23.5 Å². The molecule has 1 fully saturated rings. The minimum atomic E-state index is -4.62. The van der Waals surface area contributed by atoms with Crippen molar-refractivity contribution in [1.29, 1.82) is 0 Å². The molecule has 1 saturated carbocycles. The SMILES string of the molecule is CCN1C(=O)c2nc(-c3ccc(C(F)(F)F)nc3)n(Cc3ccc(F)c(F)c3)c2N2C[C@@H](C3CC3)N=C12. The Morgan fingerprint density at radius 3 is 2.49 bits per heavy atom. The fraction of sp³-hybridized carbons (Fsp3) is 0.360. The lowest BCUT2D eigenvalue weighted by molar-refractivity contribution is -0.141. The molecule has 1 aliphatic carbocycles. The largest absolute Gasteiger partial charge is 0.433 e. The van der Waals surface area contributed by atoms with Crippen LogP contribution in [-0.4, -0.2) is 50.4 Å². The van der Waals surface area contributed by atoms with Crippen LogP contribution >= 0.6 is 0 Å². The average molecular weight is 516 g/mol. The molecule has 1 aromatic carbocycles. The van der Waals surface area contributed by atoms with Crippen molar-refractivity contribution in [3.63, 3.8) is 0 Å². The van der Waals surface area contributed by atoms with Crippen molar-refractivity contribution in [2.45, 2.75) is 38.5 Å². The van der Waals surface area contributed by atoms with Crippen LogP contribution in [0.5, 0.6) is 0 Å². The maximum atomic E-state index is 14.0. The minimum absolute atomic E-state index is 0.00519. The lowest BCUT2D eigenvalue weighted by atomic mass is 10.2. The molecule has 1 amide bonds. The summed E-state index contributed by atoms with van der Waals surface area (Å²) in [6.45, 7) is 2.70. The van der Waals surface area contributed by atoms with Crippen molar-refractivity contribution in [1.82, 2.24) is 19.4 Å². The topological polar surface area (TPSA) is 66.6 Å². The Hall–Kier alpha value is -3.83. The monoisotopic (exact) mass is 516 g/mol. The molecule has 0 N–H and O–H groups in total. The summed E-state index contributed by atoms with van der Waals surface area (Å²) in [6, 6.07) is 5.55. The van der Waals surface area contributed by atoms with E-state index in [0.717, 1.165) is 37.2 Å². The first kappa shape index (κ1) is 23.6. The molecule has 37 heavy (non-hydrogen) atoms. The quantitative estimate of drug-likeness (QED) is 0.461. The van der Waals surface area contributed by atoms with Gasteiger partial charge in [0.25, 0.3) is 5.91 Å². The van der Waals surface area contributed by atoms with Crippen LogP contribution < -0.4 is 4.90 Å². The predicted molar refractivity (Wildman–Crippen MR) is 124 cm³/mol. The van der Waals surface area contributed by atoms with Gasteiger partial charge in [-0.2, -0.15) is 13.2 Å². The summed E-state index contributed by atoms with van der Waals surface area (Å²) in [4.78, 5) is 29.9. The lowest BCUT2D eigenvalue weighted by Crippen LogP contribution is -2.50. The standard InChI is InChI=1S/C25H21F5N6O/c1-2-34-23(37)20-22(36-12-18(14-4-5-14)32-24(34)36)35(11-13-3-7-16(26)17(27)9-13)21(33-20)15-6-8-19(31-10-15)25(28,29)30/h3,6-10,14,18H,2,4-5,11-12H2,1H3/t18-/m0/s1. The van der Waals surface area contributed by atoms with E-state index in [4.69, 9.17) is 4.99 Å². The van der Waals surface area contributed by atoms with E-state index in [2.05, 4.69) is 9.97 Å². The van der Waals surface area contributed by atoms with E-state index in [1.54, 1.807) is 4.57 Å². The molecule has 0 bridgehead atoms. The number of nitrogens with zero attached hydrogens (tertiary/aromatic N) is 6. The van der Waals surface area contributed by atoms with Gasteiger partial charge in [-0.25, -0.2) is 18.8 Å². The number of aromatic nitrogens is 3. The summed E-state index contributed by atoms with van der Waals surface area (Å²) in [5, 5.41) is 0. The number of carbonyl (C=O) groups excluding carboxylic acids is 1. The van der Waals surface area contributed by atoms with Crippen LogP contribution in [0.3, 0.4) is 0 Å². The molecule has 192 valence electrons. The van der Waals surface area contributed by atoms with Gasteiger partial charge < -0.3 is 4.57 Å². The lowest BCUT2D eigenvalue weighted by Gasteiger charge is -2.33. The van der Waals surface area contributed by atoms with E-state index in [1.165, 1.54) is 17.0 Å². The van der Waals surface area contributed by atoms with Gasteiger partial charge in [0, 0.05) is 18.3 Å². The third kappa shape index (κ3) is 3.94. The van der Waals surface area contributed by atoms with Crippen LogP contribution in [0.4, 0.5) is 27.8 Å². The maximum Gasteiger partial charge on any atom is 0.433 e. The van der Waals surface area contributed by atoms with Crippen molar-refractivity contribution in [2.24, 2.45) is 10.9 Å². The van der Waals surface area contributed by atoms with E-state index in [9.17, 15) is 26.7 Å². The normalized spacial score (nSPS) is 19.2. The zero-order valence-corrected chi connectivity index (χ0v) is 19.6. The Bertz CT molecular complexity index is 1430. The zero-order valence-electron chi connectivity index (χ0n) is 19.6. The Morgan fingerprint density at radius 2 is 1.86 bits per heavy atom. The van der Waals surface area contributed by atoms with Crippen molar-refractivity contribution < 1.29 is 26.7 Å². The molecular formula is C25H21F5N6O. The third-order valence-electron chi connectivity index (χ3n) is 6.90. The fourth-order valence-corrected chi connectivity index (χ4v) is 4.91. The molecule has 2 aromatic heterocycles. The highest BCUT2D eigenvalue weighted by Crippen LogP contribution is 2.42. The van der Waals surface area contributed by atoms with Gasteiger partial charge in [-0.15, -0.1) is 0 Å². The van der Waals surface area contributed by atoms with Crippen LogP contribution in [0.25, 0.3) is 11.4 Å². The number of alkyl halides is 3. The number of aliphatic imine (C=N–C) groups is 1. The molecule has 0 radical (unpaired) electrons. The summed E-state index contributed by atoms with van der Waals surface area (Å²) < 4.78 is 68.6. The summed E-state index contributed by atoms with van der Waals surface area (Å²) >= 11 is 0. The van der Waals surface area contributed by atoms with Crippen molar-refractivity contribution in [3.05, 3.63) is 65.1 Å². The molecule has 12 heteroatoms. The molecule has 1 atom stereocenters. The molecule has 3 aliphatic rings. The zero-order chi connectivity index (χ0) is 26.1. The number of benzene rings is 1.